The number of nitrogens with one attached hydrogen (secondary N) is 1. The molecule has 0 saturated carbocycles. The number of anilines is 1. The van der Waals surface area contributed by atoms with Crippen molar-refractivity contribution in [2.24, 2.45) is 0 Å². The number of benzene rings is 1. The van der Waals surface area contributed by atoms with Crippen LogP contribution in [0.3, 0.4) is 0 Å². The fourth-order valence-electron chi connectivity index (χ4n) is 3.58. The van der Waals surface area contributed by atoms with Crippen molar-refractivity contribution < 1.29 is 9.53 Å². The Balaban J connectivity index is 1.34. The van der Waals surface area contributed by atoms with Crippen LogP contribution < -0.4 is 10.1 Å². The van der Waals surface area contributed by atoms with E-state index in [1.165, 1.54) is 16.0 Å². The number of ether oxygens (including phenoxy) is 1. The Kier molecular flexibility index (Phi) is 4.29. The molecule has 1 aromatic heterocycles. The maximum absolute atomic E-state index is 11.4. The third kappa shape index (κ3) is 3.06. The lowest BCUT2D eigenvalue weighted by atomic mass is 10.0. The zero-order valence-corrected chi connectivity index (χ0v) is 14.7. The van der Waals surface area contributed by atoms with Crippen molar-refractivity contribution in [3.8, 4) is 5.75 Å². The topological polar surface area (TPSA) is 41.6 Å². The molecule has 0 spiro atoms. The van der Waals surface area contributed by atoms with Gasteiger partial charge in [0.25, 0.3) is 0 Å². The average Bonchev–Trinajstić information content (AvgIpc) is 3.06. The monoisotopic (exact) mass is 342 g/mol. The van der Waals surface area contributed by atoms with Crippen molar-refractivity contribution in [1.82, 2.24) is 4.90 Å². The Morgan fingerprint density at radius 2 is 2.17 bits per heavy atom. The molecule has 4 nitrogen and oxygen atoms in total. The highest BCUT2D eigenvalue weighted by molar-refractivity contribution is 7.10. The third-order valence-corrected chi connectivity index (χ3v) is 6.13. The molecule has 1 unspecified atom stereocenters. The van der Waals surface area contributed by atoms with Gasteiger partial charge in [-0.2, -0.15) is 0 Å². The van der Waals surface area contributed by atoms with Gasteiger partial charge in [-0.15, -0.1) is 11.3 Å². The molecular weight excluding hydrogens is 320 g/mol. The van der Waals surface area contributed by atoms with Crippen LogP contribution in [0, 0.1) is 0 Å². The van der Waals surface area contributed by atoms with Gasteiger partial charge in [0.1, 0.15) is 12.4 Å². The molecule has 1 N–H and O–H groups in total. The SMILES string of the molecule is CC1c2sccc2CCN1CCOc1ccc2c(c1)CCC(=O)N2. The summed E-state index contributed by atoms with van der Waals surface area (Å²) in [5, 5.41) is 5.11. The van der Waals surface area contributed by atoms with Gasteiger partial charge in [0.15, 0.2) is 0 Å². The van der Waals surface area contributed by atoms with Gasteiger partial charge >= 0.3 is 0 Å². The van der Waals surface area contributed by atoms with Crippen LogP contribution in [0.15, 0.2) is 29.6 Å². The van der Waals surface area contributed by atoms with Crippen molar-refractivity contribution in [3.05, 3.63) is 45.6 Å². The van der Waals surface area contributed by atoms with Crippen molar-refractivity contribution in [2.75, 3.05) is 25.0 Å². The first kappa shape index (κ1) is 15.7. The predicted molar refractivity (Wildman–Crippen MR) is 96.9 cm³/mol. The van der Waals surface area contributed by atoms with E-state index in [9.17, 15) is 4.79 Å². The lowest BCUT2D eigenvalue weighted by Gasteiger charge is -2.33. The molecule has 2 aromatic rings. The Morgan fingerprint density at radius 3 is 3.08 bits per heavy atom. The maximum atomic E-state index is 11.4. The molecule has 0 fully saturated rings. The fraction of sp³-hybridized carbons (Fsp3) is 0.421. The molecule has 2 aliphatic rings. The molecule has 2 aliphatic heterocycles. The molecule has 1 amide bonds. The van der Waals surface area contributed by atoms with E-state index in [1.807, 2.05) is 23.5 Å². The van der Waals surface area contributed by atoms with Crippen LogP contribution >= 0.6 is 11.3 Å². The van der Waals surface area contributed by atoms with E-state index in [-0.39, 0.29) is 5.91 Å². The summed E-state index contributed by atoms with van der Waals surface area (Å²) < 4.78 is 5.97. The van der Waals surface area contributed by atoms with Gasteiger partial charge in [-0.1, -0.05) is 0 Å². The quantitative estimate of drug-likeness (QED) is 0.922. The van der Waals surface area contributed by atoms with Gasteiger partial charge < -0.3 is 10.1 Å². The van der Waals surface area contributed by atoms with Crippen LogP contribution in [-0.2, 0) is 17.6 Å². The number of carbonyl (C=O) groups excluding carboxylic acids is 1. The molecule has 1 atom stereocenters. The maximum Gasteiger partial charge on any atom is 0.224 e. The van der Waals surface area contributed by atoms with E-state index in [1.54, 1.807) is 0 Å². The summed E-state index contributed by atoms with van der Waals surface area (Å²) in [4.78, 5) is 15.4. The van der Waals surface area contributed by atoms with Crippen LogP contribution in [-0.4, -0.2) is 30.5 Å². The zero-order valence-electron chi connectivity index (χ0n) is 13.9. The van der Waals surface area contributed by atoms with Crippen molar-refractivity contribution >= 4 is 22.9 Å². The van der Waals surface area contributed by atoms with Gasteiger partial charge in [-0.05, 0) is 60.5 Å². The van der Waals surface area contributed by atoms with E-state index in [4.69, 9.17) is 4.74 Å². The first-order valence-electron chi connectivity index (χ1n) is 8.56. The Labute approximate surface area is 146 Å². The Bertz CT molecular complexity index is 756. The van der Waals surface area contributed by atoms with Crippen molar-refractivity contribution in [2.45, 2.75) is 32.2 Å². The summed E-state index contributed by atoms with van der Waals surface area (Å²) in [6.45, 7) is 5.02. The second-order valence-corrected chi connectivity index (χ2v) is 7.44. The smallest absolute Gasteiger partial charge is 0.224 e. The van der Waals surface area contributed by atoms with Crippen LogP contribution in [0.1, 0.15) is 35.4 Å². The number of hydrogen-bond acceptors (Lipinski definition) is 4. The summed E-state index contributed by atoms with van der Waals surface area (Å²) in [6.07, 6.45) is 2.50. The van der Waals surface area contributed by atoms with Crippen LogP contribution in [0.2, 0.25) is 0 Å². The summed E-state index contributed by atoms with van der Waals surface area (Å²) in [7, 11) is 0. The highest BCUT2D eigenvalue weighted by Gasteiger charge is 2.24. The molecule has 0 saturated heterocycles. The minimum absolute atomic E-state index is 0.100. The molecule has 0 aliphatic carbocycles. The summed E-state index contributed by atoms with van der Waals surface area (Å²) in [6, 6.07) is 8.70. The first-order valence-corrected chi connectivity index (χ1v) is 9.44. The minimum Gasteiger partial charge on any atom is -0.492 e. The summed E-state index contributed by atoms with van der Waals surface area (Å²) in [5.41, 5.74) is 3.61. The second kappa shape index (κ2) is 6.57. The lowest BCUT2D eigenvalue weighted by molar-refractivity contribution is -0.116. The minimum atomic E-state index is 0.100. The van der Waals surface area contributed by atoms with Crippen LogP contribution in [0.25, 0.3) is 0 Å². The van der Waals surface area contributed by atoms with Gasteiger partial charge in [0.05, 0.1) is 0 Å². The van der Waals surface area contributed by atoms with E-state index in [0.29, 0.717) is 19.1 Å². The highest BCUT2D eigenvalue weighted by Crippen LogP contribution is 2.33. The lowest BCUT2D eigenvalue weighted by Crippen LogP contribution is -2.36. The second-order valence-electron chi connectivity index (χ2n) is 6.49. The number of fused-ring (bicyclic) bond motifs is 2. The number of hydrogen-bond donors (Lipinski definition) is 1. The van der Waals surface area contributed by atoms with Gasteiger partial charge in [0, 0.05) is 36.1 Å². The number of rotatable bonds is 4. The van der Waals surface area contributed by atoms with Crippen LogP contribution in [0.5, 0.6) is 5.75 Å². The molecule has 1 aromatic carbocycles. The van der Waals surface area contributed by atoms with E-state index < -0.39 is 0 Å². The molecular formula is C19H22N2O2S. The highest BCUT2D eigenvalue weighted by atomic mass is 32.1. The van der Waals surface area contributed by atoms with Crippen molar-refractivity contribution in [1.29, 1.82) is 0 Å². The summed E-state index contributed by atoms with van der Waals surface area (Å²) in [5.74, 6) is 0.995. The average molecular weight is 342 g/mol. The molecule has 3 heterocycles. The molecule has 0 bridgehead atoms. The fourth-order valence-corrected chi connectivity index (χ4v) is 4.63. The van der Waals surface area contributed by atoms with E-state index in [0.717, 1.165) is 37.4 Å². The largest absolute Gasteiger partial charge is 0.492 e. The Morgan fingerprint density at radius 1 is 1.25 bits per heavy atom. The molecule has 4 rings (SSSR count). The number of nitrogens with zero attached hydrogens (tertiary/aromatic N) is 1. The number of aryl methyl sites for hydroxylation is 1. The van der Waals surface area contributed by atoms with E-state index in [2.05, 4.69) is 34.7 Å². The molecule has 24 heavy (non-hydrogen) atoms. The Hall–Kier alpha value is -1.85. The zero-order chi connectivity index (χ0) is 16.5. The normalized spacial score (nSPS) is 20.2. The number of amides is 1. The number of thiophene rings is 1. The third-order valence-electron chi connectivity index (χ3n) is 5.00. The van der Waals surface area contributed by atoms with E-state index >= 15 is 0 Å². The molecule has 126 valence electrons. The molecule has 0 radical (unpaired) electrons. The standard InChI is InChI=1S/C19H22N2O2S/c1-13-19-14(7-11-24-19)6-8-21(13)9-10-23-16-3-4-17-15(12-16)2-5-18(22)20-17/h3-4,7,11-13H,2,5-6,8-10H2,1H3,(H,20,22). The number of carbonyl (C=O) groups is 1. The van der Waals surface area contributed by atoms with Gasteiger partial charge in [0.2, 0.25) is 5.91 Å². The first-order chi connectivity index (χ1) is 11.7. The van der Waals surface area contributed by atoms with Gasteiger partial charge in [-0.3, -0.25) is 9.69 Å². The predicted octanol–water partition coefficient (Wildman–Crippen LogP) is 3.63. The summed E-state index contributed by atoms with van der Waals surface area (Å²) >= 11 is 1.87. The van der Waals surface area contributed by atoms with Crippen molar-refractivity contribution in [3.63, 3.8) is 0 Å². The molecule has 5 heteroatoms. The van der Waals surface area contributed by atoms with Crippen LogP contribution in [0.4, 0.5) is 5.69 Å². The van der Waals surface area contributed by atoms with Gasteiger partial charge in [-0.25, -0.2) is 0 Å².